The molecule has 0 saturated heterocycles. The molecule has 0 spiro atoms. The number of nitrogens with zero attached hydrogens (tertiary/aromatic N) is 2. The van der Waals surface area contributed by atoms with E-state index in [4.69, 9.17) is 4.98 Å². The van der Waals surface area contributed by atoms with E-state index in [1.54, 1.807) is 0 Å². The fourth-order valence-electron chi connectivity index (χ4n) is 3.45. The molecule has 0 radical (unpaired) electrons. The zero-order valence-corrected chi connectivity index (χ0v) is 13.9. The smallest absolute Gasteiger partial charge is 0.0513 e. The summed E-state index contributed by atoms with van der Waals surface area (Å²) in [6.45, 7) is 11.4. The average Bonchev–Trinajstić information content (AvgIpc) is 2.89. The van der Waals surface area contributed by atoms with Crippen LogP contribution in [-0.2, 0) is 12.5 Å². The van der Waals surface area contributed by atoms with Crippen LogP contribution >= 0.6 is 0 Å². The van der Waals surface area contributed by atoms with Gasteiger partial charge in [0, 0.05) is 42.0 Å². The molecule has 0 aliphatic heterocycles. The Morgan fingerprint density at radius 2 is 1.95 bits per heavy atom. The average molecular weight is 280 g/mol. The lowest BCUT2D eigenvalue weighted by atomic mass is 9.68. The first kappa shape index (κ1) is 14.1. The molecule has 2 aromatic rings. The lowest BCUT2D eigenvalue weighted by Crippen LogP contribution is -2.28. The summed E-state index contributed by atoms with van der Waals surface area (Å²) < 4.78 is 2.15. The predicted octanol–water partition coefficient (Wildman–Crippen LogP) is 4.82. The number of aryl methyl sites for hydroxylation is 1. The summed E-state index contributed by atoms with van der Waals surface area (Å²) in [6, 6.07) is 6.57. The third-order valence-electron chi connectivity index (χ3n) is 5.42. The van der Waals surface area contributed by atoms with E-state index >= 15 is 0 Å². The zero-order valence-electron chi connectivity index (χ0n) is 13.9. The van der Waals surface area contributed by atoms with Crippen LogP contribution in [0.2, 0.25) is 0 Å². The minimum Gasteiger partial charge on any atom is -0.351 e. The van der Waals surface area contributed by atoms with Crippen molar-refractivity contribution in [3.05, 3.63) is 53.0 Å². The lowest BCUT2D eigenvalue weighted by molar-refractivity contribution is 0.563. The van der Waals surface area contributed by atoms with Crippen LogP contribution in [0.4, 0.5) is 0 Å². The van der Waals surface area contributed by atoms with E-state index in [0.717, 1.165) is 0 Å². The molecular formula is C19H24N2. The highest BCUT2D eigenvalue weighted by Gasteiger charge is 2.35. The van der Waals surface area contributed by atoms with Crippen molar-refractivity contribution in [3.63, 3.8) is 0 Å². The fourth-order valence-corrected chi connectivity index (χ4v) is 3.45. The van der Waals surface area contributed by atoms with Crippen LogP contribution in [0.25, 0.3) is 11.3 Å². The Morgan fingerprint density at radius 3 is 2.57 bits per heavy atom. The van der Waals surface area contributed by atoms with Gasteiger partial charge in [-0.2, -0.15) is 0 Å². The predicted molar refractivity (Wildman–Crippen MR) is 88.5 cm³/mol. The van der Waals surface area contributed by atoms with Crippen molar-refractivity contribution < 1.29 is 0 Å². The van der Waals surface area contributed by atoms with Crippen LogP contribution < -0.4 is 0 Å². The van der Waals surface area contributed by atoms with Crippen molar-refractivity contribution in [1.82, 2.24) is 9.55 Å². The zero-order chi connectivity index (χ0) is 15.4. The first-order chi connectivity index (χ1) is 9.84. The maximum absolute atomic E-state index is 4.83. The van der Waals surface area contributed by atoms with E-state index < -0.39 is 0 Å². The quantitative estimate of drug-likeness (QED) is 0.685. The van der Waals surface area contributed by atoms with Gasteiger partial charge >= 0.3 is 0 Å². The molecule has 1 aliphatic carbocycles. The van der Waals surface area contributed by atoms with E-state index in [1.807, 2.05) is 6.20 Å². The highest BCUT2D eigenvalue weighted by Crippen LogP contribution is 2.45. The van der Waals surface area contributed by atoms with Crippen LogP contribution in [-0.4, -0.2) is 9.55 Å². The van der Waals surface area contributed by atoms with E-state index in [0.29, 0.717) is 5.92 Å². The third kappa shape index (κ3) is 1.97. The number of allylic oxidation sites excluding steroid dienone is 2. The van der Waals surface area contributed by atoms with Gasteiger partial charge in [0.05, 0.1) is 5.69 Å². The largest absolute Gasteiger partial charge is 0.351 e. The van der Waals surface area contributed by atoms with Gasteiger partial charge in [-0.25, -0.2) is 0 Å². The van der Waals surface area contributed by atoms with Gasteiger partial charge in [-0.1, -0.05) is 31.9 Å². The molecule has 0 bridgehead atoms. The Hall–Kier alpha value is -1.83. The molecule has 1 atom stereocenters. The number of fused-ring (bicyclic) bond motifs is 1. The van der Waals surface area contributed by atoms with Gasteiger partial charge in [-0.15, -0.1) is 0 Å². The van der Waals surface area contributed by atoms with Crippen LogP contribution in [0.3, 0.4) is 0 Å². The van der Waals surface area contributed by atoms with Gasteiger partial charge < -0.3 is 4.57 Å². The Morgan fingerprint density at radius 1 is 1.24 bits per heavy atom. The molecule has 0 N–H and O–H groups in total. The molecular weight excluding hydrogens is 256 g/mol. The molecule has 110 valence electrons. The van der Waals surface area contributed by atoms with Crippen molar-refractivity contribution in [2.24, 2.45) is 7.05 Å². The summed E-state index contributed by atoms with van der Waals surface area (Å²) in [7, 11) is 2.08. The Kier molecular flexibility index (Phi) is 3.09. The Balaban J connectivity index is 2.22. The summed E-state index contributed by atoms with van der Waals surface area (Å²) in [5.74, 6) is 0.412. The maximum Gasteiger partial charge on any atom is 0.0513 e. The molecule has 0 fully saturated rings. The van der Waals surface area contributed by atoms with Crippen LogP contribution in [0.15, 0.2) is 41.7 Å². The second kappa shape index (κ2) is 4.59. The Labute approximate surface area is 127 Å². The molecule has 1 unspecified atom stereocenters. The van der Waals surface area contributed by atoms with E-state index in [9.17, 15) is 0 Å². The summed E-state index contributed by atoms with van der Waals surface area (Å²) in [5.41, 5.74) is 8.03. The van der Waals surface area contributed by atoms with Gasteiger partial charge in [0.25, 0.3) is 0 Å². The topological polar surface area (TPSA) is 17.8 Å². The van der Waals surface area contributed by atoms with Crippen LogP contribution in [0.1, 0.15) is 51.8 Å². The molecule has 0 saturated carbocycles. The van der Waals surface area contributed by atoms with Crippen molar-refractivity contribution >= 4 is 0 Å². The normalized spacial score (nSPS) is 20.6. The molecule has 21 heavy (non-hydrogen) atoms. The number of hydrogen-bond donors (Lipinski definition) is 0. The minimum absolute atomic E-state index is 0.0557. The molecule has 0 amide bonds. The van der Waals surface area contributed by atoms with Crippen molar-refractivity contribution in [2.45, 2.75) is 46.0 Å². The van der Waals surface area contributed by atoms with Gasteiger partial charge in [0.1, 0.15) is 0 Å². The standard InChI is InChI=1S/C19H24N2/c1-12-13(2)18-16(19(4,5)14(12)3)10-15(11-20-18)17-8-7-9-21(17)6/h7-11,13H,1-6H3. The Bertz CT molecular complexity index is 732. The highest BCUT2D eigenvalue weighted by molar-refractivity contribution is 5.63. The van der Waals surface area contributed by atoms with Gasteiger partial charge in [0.15, 0.2) is 0 Å². The lowest BCUT2D eigenvalue weighted by Gasteiger charge is -2.37. The second-order valence-corrected chi connectivity index (χ2v) is 6.82. The molecule has 1 aliphatic rings. The van der Waals surface area contributed by atoms with E-state index in [-0.39, 0.29) is 5.41 Å². The number of pyridine rings is 1. The monoisotopic (exact) mass is 280 g/mol. The highest BCUT2D eigenvalue weighted by atomic mass is 14.9. The number of aromatic nitrogens is 2. The molecule has 2 aromatic heterocycles. The van der Waals surface area contributed by atoms with Gasteiger partial charge in [-0.3, -0.25) is 4.98 Å². The molecule has 2 heteroatoms. The maximum atomic E-state index is 4.83. The van der Waals surface area contributed by atoms with E-state index in [1.165, 1.54) is 33.7 Å². The fraction of sp³-hybridized carbons (Fsp3) is 0.421. The number of rotatable bonds is 1. The minimum atomic E-state index is 0.0557. The van der Waals surface area contributed by atoms with Gasteiger partial charge in [0.2, 0.25) is 0 Å². The first-order valence-electron chi connectivity index (χ1n) is 7.64. The van der Waals surface area contributed by atoms with Crippen LogP contribution in [0, 0.1) is 0 Å². The SMILES string of the molecule is CC1=C(C)C(C)(C)c2cc(-c3cccn3C)cnc2C1C. The van der Waals surface area contributed by atoms with Crippen molar-refractivity contribution in [1.29, 1.82) is 0 Å². The molecule has 3 rings (SSSR count). The summed E-state index contributed by atoms with van der Waals surface area (Å²) >= 11 is 0. The van der Waals surface area contributed by atoms with Crippen molar-refractivity contribution in [3.8, 4) is 11.3 Å². The van der Waals surface area contributed by atoms with Crippen molar-refractivity contribution in [2.75, 3.05) is 0 Å². The molecule has 2 nitrogen and oxygen atoms in total. The first-order valence-corrected chi connectivity index (χ1v) is 7.64. The third-order valence-corrected chi connectivity index (χ3v) is 5.42. The summed E-state index contributed by atoms with van der Waals surface area (Å²) in [6.07, 6.45) is 4.10. The van der Waals surface area contributed by atoms with E-state index in [2.05, 4.69) is 70.6 Å². The molecule has 2 heterocycles. The van der Waals surface area contributed by atoms with Crippen LogP contribution in [0.5, 0.6) is 0 Å². The number of hydrogen-bond acceptors (Lipinski definition) is 1. The summed E-state index contributed by atoms with van der Waals surface area (Å²) in [4.78, 5) is 4.83. The molecule has 0 aromatic carbocycles. The second-order valence-electron chi connectivity index (χ2n) is 6.82. The van der Waals surface area contributed by atoms with Gasteiger partial charge in [-0.05, 0) is 37.6 Å². The summed E-state index contributed by atoms with van der Waals surface area (Å²) in [5, 5.41) is 0.